The number of nitrogens with one attached hydrogen (secondary N) is 1. The molecule has 0 unspecified atom stereocenters. The molecule has 1 fully saturated rings. The zero-order chi connectivity index (χ0) is 21.6. The molecule has 1 aliphatic rings. The van der Waals surface area contributed by atoms with Crippen LogP contribution in [0, 0.1) is 5.82 Å². The number of halogens is 1. The molecule has 3 rings (SSSR count). The van der Waals surface area contributed by atoms with Gasteiger partial charge in [0, 0.05) is 32.7 Å². The molecular formula is C22H31FN4O3. The highest BCUT2D eigenvalue weighted by molar-refractivity contribution is 5.43. The predicted molar refractivity (Wildman–Crippen MR) is 115 cm³/mol. The van der Waals surface area contributed by atoms with Crippen LogP contribution in [0.25, 0.3) is 0 Å². The second-order valence-electron chi connectivity index (χ2n) is 7.97. The maximum absolute atomic E-state index is 13.1. The number of anilines is 1. The van der Waals surface area contributed by atoms with E-state index < -0.39 is 5.60 Å². The summed E-state index contributed by atoms with van der Waals surface area (Å²) in [5, 5.41) is 14.2. The first-order valence-corrected chi connectivity index (χ1v) is 10.1. The van der Waals surface area contributed by atoms with Crippen LogP contribution in [0.2, 0.25) is 0 Å². The maximum atomic E-state index is 13.1. The third-order valence-electron chi connectivity index (χ3n) is 5.18. The summed E-state index contributed by atoms with van der Waals surface area (Å²) in [4.78, 5) is 8.14. The van der Waals surface area contributed by atoms with Gasteiger partial charge in [-0.05, 0) is 50.3 Å². The van der Waals surface area contributed by atoms with Gasteiger partial charge < -0.3 is 29.7 Å². The van der Waals surface area contributed by atoms with Gasteiger partial charge in [0.1, 0.15) is 18.2 Å². The van der Waals surface area contributed by atoms with E-state index in [-0.39, 0.29) is 5.82 Å². The van der Waals surface area contributed by atoms with Crippen LogP contribution in [-0.2, 0) is 6.54 Å². The van der Waals surface area contributed by atoms with Crippen molar-refractivity contribution in [3.05, 3.63) is 47.9 Å². The highest BCUT2D eigenvalue weighted by Gasteiger charge is 2.36. The summed E-state index contributed by atoms with van der Waals surface area (Å²) in [5.74, 6) is 1.74. The van der Waals surface area contributed by atoms with E-state index in [1.165, 1.54) is 12.3 Å². The fourth-order valence-electron chi connectivity index (χ4n) is 3.47. The van der Waals surface area contributed by atoms with Crippen molar-refractivity contribution in [2.75, 3.05) is 58.9 Å². The fourth-order valence-corrected chi connectivity index (χ4v) is 3.47. The molecule has 1 atom stereocenters. The van der Waals surface area contributed by atoms with E-state index in [9.17, 15) is 9.50 Å². The van der Waals surface area contributed by atoms with Crippen molar-refractivity contribution in [1.29, 1.82) is 0 Å². The third-order valence-corrected chi connectivity index (χ3v) is 5.18. The molecule has 30 heavy (non-hydrogen) atoms. The van der Waals surface area contributed by atoms with E-state index in [4.69, 9.17) is 9.47 Å². The van der Waals surface area contributed by atoms with Gasteiger partial charge >= 0.3 is 0 Å². The van der Waals surface area contributed by atoms with Crippen LogP contribution >= 0.6 is 0 Å². The number of pyridine rings is 1. The molecule has 0 aliphatic carbocycles. The second kappa shape index (κ2) is 10.1. The van der Waals surface area contributed by atoms with Gasteiger partial charge in [-0.1, -0.05) is 6.07 Å². The van der Waals surface area contributed by atoms with Crippen LogP contribution in [0.15, 0.2) is 36.5 Å². The van der Waals surface area contributed by atoms with Gasteiger partial charge in [0.2, 0.25) is 0 Å². The minimum Gasteiger partial charge on any atom is -0.493 e. The number of aliphatic hydroxyl groups is 1. The van der Waals surface area contributed by atoms with Gasteiger partial charge in [0.05, 0.1) is 18.9 Å². The Morgan fingerprint density at radius 1 is 1.27 bits per heavy atom. The molecule has 1 aromatic carbocycles. The van der Waals surface area contributed by atoms with Crippen molar-refractivity contribution in [3.63, 3.8) is 0 Å². The molecule has 8 heteroatoms. The number of nitrogens with zero attached hydrogens (tertiary/aromatic N) is 3. The van der Waals surface area contributed by atoms with E-state index in [2.05, 4.69) is 15.2 Å². The lowest BCUT2D eigenvalue weighted by atomic mass is 10.0. The largest absolute Gasteiger partial charge is 0.493 e. The Balaban J connectivity index is 1.50. The number of hydrogen-bond acceptors (Lipinski definition) is 7. The SMILES string of the molecule is COc1cc(CNC[C@]2(O)CCN(c3ccc(F)cn3)C2)ccc1OCCN(C)C. The Morgan fingerprint density at radius 2 is 2.10 bits per heavy atom. The van der Waals surface area contributed by atoms with Crippen molar-refractivity contribution in [1.82, 2.24) is 15.2 Å². The molecule has 0 spiro atoms. The monoisotopic (exact) mass is 418 g/mol. The highest BCUT2D eigenvalue weighted by atomic mass is 19.1. The minimum absolute atomic E-state index is 0.362. The maximum Gasteiger partial charge on any atom is 0.161 e. The lowest BCUT2D eigenvalue weighted by Crippen LogP contribution is -2.43. The van der Waals surface area contributed by atoms with Gasteiger partial charge in [-0.2, -0.15) is 0 Å². The zero-order valence-corrected chi connectivity index (χ0v) is 17.9. The number of hydrogen-bond donors (Lipinski definition) is 2. The molecule has 2 heterocycles. The van der Waals surface area contributed by atoms with Gasteiger partial charge in [-0.25, -0.2) is 9.37 Å². The zero-order valence-electron chi connectivity index (χ0n) is 17.9. The molecular weight excluding hydrogens is 387 g/mol. The topological polar surface area (TPSA) is 70.1 Å². The number of ether oxygens (including phenoxy) is 2. The minimum atomic E-state index is -0.852. The predicted octanol–water partition coefficient (Wildman–Crippen LogP) is 1.90. The number of rotatable bonds is 10. The summed E-state index contributed by atoms with van der Waals surface area (Å²) < 4.78 is 24.3. The summed E-state index contributed by atoms with van der Waals surface area (Å²) in [5.41, 5.74) is 0.195. The molecule has 1 aliphatic heterocycles. The van der Waals surface area contributed by atoms with Gasteiger partial charge in [0.15, 0.2) is 11.5 Å². The Kier molecular flexibility index (Phi) is 7.47. The van der Waals surface area contributed by atoms with Crippen LogP contribution < -0.4 is 19.7 Å². The lowest BCUT2D eigenvalue weighted by Gasteiger charge is -2.24. The van der Waals surface area contributed by atoms with Crippen LogP contribution in [0.1, 0.15) is 12.0 Å². The quantitative estimate of drug-likeness (QED) is 0.611. The van der Waals surface area contributed by atoms with Crippen LogP contribution in [0.5, 0.6) is 11.5 Å². The Hall–Kier alpha value is -2.42. The number of likely N-dealkylation sites (N-methyl/N-ethyl adjacent to an activating group) is 1. The normalized spacial score (nSPS) is 18.8. The third kappa shape index (κ3) is 6.04. The van der Waals surface area contributed by atoms with Crippen molar-refractivity contribution < 1.29 is 19.0 Å². The Bertz CT molecular complexity index is 819. The van der Waals surface area contributed by atoms with Gasteiger partial charge in [-0.3, -0.25) is 0 Å². The van der Waals surface area contributed by atoms with Gasteiger partial charge in [-0.15, -0.1) is 0 Å². The highest BCUT2D eigenvalue weighted by Crippen LogP contribution is 2.28. The first-order chi connectivity index (χ1) is 14.4. The van der Waals surface area contributed by atoms with Gasteiger partial charge in [0.25, 0.3) is 0 Å². The fraction of sp³-hybridized carbons (Fsp3) is 0.500. The van der Waals surface area contributed by atoms with Crippen molar-refractivity contribution in [3.8, 4) is 11.5 Å². The molecule has 0 amide bonds. The second-order valence-corrected chi connectivity index (χ2v) is 7.97. The smallest absolute Gasteiger partial charge is 0.161 e. The number of β-amino-alcohol motifs (C(OH)–C–C–N with tert-alkyl or cyclic N) is 1. The van der Waals surface area contributed by atoms with Crippen LogP contribution in [-0.4, -0.2) is 74.6 Å². The summed E-state index contributed by atoms with van der Waals surface area (Å²) in [6.45, 7) is 3.62. The number of methoxy groups -OCH3 is 1. The van der Waals surface area contributed by atoms with E-state index in [1.54, 1.807) is 13.2 Å². The van der Waals surface area contributed by atoms with E-state index in [1.807, 2.05) is 37.2 Å². The Labute approximate surface area is 177 Å². The summed E-state index contributed by atoms with van der Waals surface area (Å²) in [7, 11) is 5.64. The lowest BCUT2D eigenvalue weighted by molar-refractivity contribution is 0.0626. The average Bonchev–Trinajstić information content (AvgIpc) is 3.11. The van der Waals surface area contributed by atoms with Crippen molar-refractivity contribution in [2.45, 2.75) is 18.6 Å². The number of aromatic nitrogens is 1. The summed E-state index contributed by atoms with van der Waals surface area (Å²) in [6, 6.07) is 8.89. The van der Waals surface area contributed by atoms with Crippen LogP contribution in [0.3, 0.4) is 0 Å². The van der Waals surface area contributed by atoms with E-state index >= 15 is 0 Å². The number of benzene rings is 1. The molecule has 164 valence electrons. The van der Waals surface area contributed by atoms with Crippen LogP contribution in [0.4, 0.5) is 10.2 Å². The molecule has 2 N–H and O–H groups in total. The molecule has 0 radical (unpaired) electrons. The van der Waals surface area contributed by atoms with E-state index in [0.29, 0.717) is 50.8 Å². The molecule has 7 nitrogen and oxygen atoms in total. The molecule has 1 aromatic heterocycles. The first kappa shape index (κ1) is 22.3. The molecule has 0 saturated carbocycles. The standard InChI is InChI=1S/C22H31FN4O3/c1-26(2)10-11-30-19-6-4-17(12-20(19)29-3)13-24-15-22(28)8-9-27(16-22)21-7-5-18(23)14-25-21/h4-7,12,14,24,28H,8-11,13,15-16H2,1-3H3/t22-/m1/s1. The summed E-state index contributed by atoms with van der Waals surface area (Å²) in [6.07, 6.45) is 1.83. The molecule has 1 saturated heterocycles. The molecule has 0 bridgehead atoms. The van der Waals surface area contributed by atoms with Crippen molar-refractivity contribution >= 4 is 5.82 Å². The Morgan fingerprint density at radius 3 is 2.80 bits per heavy atom. The first-order valence-electron chi connectivity index (χ1n) is 10.1. The molecule has 2 aromatic rings. The average molecular weight is 419 g/mol. The van der Waals surface area contributed by atoms with E-state index in [0.717, 1.165) is 17.9 Å². The van der Waals surface area contributed by atoms with Crippen molar-refractivity contribution in [2.24, 2.45) is 0 Å². The summed E-state index contributed by atoms with van der Waals surface area (Å²) >= 11 is 0.